The van der Waals surface area contributed by atoms with Crippen LogP contribution in [-0.4, -0.2) is 8.07 Å². The maximum Gasteiger partial charge on any atom is 0.113 e. The lowest BCUT2D eigenvalue weighted by molar-refractivity contribution is 0.754. The molecule has 1 aliphatic heterocycles. The third-order valence-electron chi connectivity index (χ3n) is 12.5. The van der Waals surface area contributed by atoms with E-state index < -0.39 is 13.5 Å². The smallest absolute Gasteiger partial charge is 0.113 e. The van der Waals surface area contributed by atoms with Crippen molar-refractivity contribution < 1.29 is 0 Å². The summed E-state index contributed by atoms with van der Waals surface area (Å²) >= 11 is 0. The van der Waals surface area contributed by atoms with Gasteiger partial charge >= 0.3 is 0 Å². The molecule has 1 spiro atoms. The highest BCUT2D eigenvalue weighted by Crippen LogP contribution is 2.56. The van der Waals surface area contributed by atoms with E-state index in [-0.39, 0.29) is 0 Å². The van der Waals surface area contributed by atoms with Crippen molar-refractivity contribution >= 4 is 57.1 Å². The van der Waals surface area contributed by atoms with Crippen LogP contribution in [0, 0.1) is 0 Å². The average molecular weight is 718 g/mol. The lowest BCUT2D eigenvalue weighted by Crippen LogP contribution is -2.63. The van der Waals surface area contributed by atoms with Crippen LogP contribution in [0.2, 0.25) is 13.1 Å². The Morgan fingerprint density at radius 2 is 0.964 bits per heavy atom. The van der Waals surface area contributed by atoms with Gasteiger partial charge in [-0.05, 0) is 119 Å². The van der Waals surface area contributed by atoms with Crippen LogP contribution in [0.3, 0.4) is 0 Å². The molecule has 2 heteroatoms. The van der Waals surface area contributed by atoms with Crippen LogP contribution in [0.5, 0.6) is 0 Å². The largest absolute Gasteiger partial charge is 0.310 e. The van der Waals surface area contributed by atoms with Crippen molar-refractivity contribution in [2.24, 2.45) is 0 Å². The van der Waals surface area contributed by atoms with Crippen LogP contribution >= 0.6 is 0 Å². The van der Waals surface area contributed by atoms with Crippen LogP contribution < -0.4 is 15.3 Å². The summed E-state index contributed by atoms with van der Waals surface area (Å²) in [5.41, 5.74) is 13.8. The number of anilines is 3. The zero-order valence-electron chi connectivity index (χ0n) is 31.0. The molecule has 0 amide bonds. The molecule has 11 rings (SSSR count). The first-order chi connectivity index (χ1) is 27.0. The second-order valence-electron chi connectivity index (χ2n) is 15.7. The minimum atomic E-state index is -2.23. The van der Waals surface area contributed by atoms with Crippen molar-refractivity contribution in [2.45, 2.75) is 18.5 Å². The van der Waals surface area contributed by atoms with Crippen molar-refractivity contribution in [3.63, 3.8) is 0 Å². The van der Waals surface area contributed by atoms with Gasteiger partial charge in [-0.15, -0.1) is 0 Å². The molecule has 0 fully saturated rings. The Labute approximate surface area is 323 Å². The van der Waals surface area contributed by atoms with Crippen molar-refractivity contribution in [1.29, 1.82) is 0 Å². The summed E-state index contributed by atoms with van der Waals surface area (Å²) in [6.45, 7) is 5.11. The van der Waals surface area contributed by atoms with Gasteiger partial charge < -0.3 is 4.90 Å². The average Bonchev–Trinajstić information content (AvgIpc) is 3.24. The second kappa shape index (κ2) is 12.0. The number of nitrogens with zero attached hydrogens (tertiary/aromatic N) is 1. The summed E-state index contributed by atoms with van der Waals surface area (Å²) in [6.07, 6.45) is 0. The molecule has 1 unspecified atom stereocenters. The third kappa shape index (κ3) is 4.59. The van der Waals surface area contributed by atoms with Gasteiger partial charge in [0.2, 0.25) is 0 Å². The number of fused-ring (bicyclic) bond motifs is 9. The highest BCUT2D eigenvalue weighted by Gasteiger charge is 2.52. The van der Waals surface area contributed by atoms with Gasteiger partial charge in [0.05, 0.1) is 5.41 Å². The Balaban J connectivity index is 1.16. The summed E-state index contributed by atoms with van der Waals surface area (Å²) in [5, 5.41) is 8.13. The highest BCUT2D eigenvalue weighted by atomic mass is 28.3. The molecule has 0 N–H and O–H groups in total. The summed E-state index contributed by atoms with van der Waals surface area (Å²) in [4.78, 5) is 2.45. The standard InChI is InChI=1S/C53H39NSi/c1-55(2)50-26-12-11-24-47(50)53(46-23-10-9-21-44(46)45-22-13-17-37-18-14-25-49(53)52(37)45)48-32-31-43(35-51(48)55)54(41-19-7-4-8-20-41)42-30-29-39-33-38(27-28-40(39)34-42)36-15-5-3-6-16-36/h3-35H,1-2H3. The molecule has 260 valence electrons. The monoisotopic (exact) mass is 717 g/mol. The van der Waals surface area contributed by atoms with E-state index in [1.54, 1.807) is 0 Å². The number of benzene rings is 9. The molecule has 1 nitrogen and oxygen atoms in total. The molecule has 0 bridgehead atoms. The maximum absolute atomic E-state index is 2.55. The first kappa shape index (κ1) is 32.0. The Bertz CT molecular complexity index is 2960. The van der Waals surface area contributed by atoms with Gasteiger partial charge in [0.1, 0.15) is 8.07 Å². The Hall–Kier alpha value is -6.48. The van der Waals surface area contributed by atoms with Gasteiger partial charge in [-0.1, -0.05) is 171 Å². The third-order valence-corrected chi connectivity index (χ3v) is 16.0. The molecule has 1 aliphatic carbocycles. The maximum atomic E-state index is 2.55. The highest BCUT2D eigenvalue weighted by molar-refractivity contribution is 7.01. The first-order valence-corrected chi connectivity index (χ1v) is 22.3. The molecular formula is C53H39NSi. The quantitative estimate of drug-likeness (QED) is 0.164. The molecule has 1 atom stereocenters. The van der Waals surface area contributed by atoms with Crippen LogP contribution in [0.4, 0.5) is 17.1 Å². The van der Waals surface area contributed by atoms with E-state index in [1.165, 1.54) is 82.1 Å². The van der Waals surface area contributed by atoms with Gasteiger partial charge in [0.15, 0.2) is 0 Å². The van der Waals surface area contributed by atoms with E-state index in [0.717, 1.165) is 11.4 Å². The Morgan fingerprint density at radius 1 is 0.364 bits per heavy atom. The van der Waals surface area contributed by atoms with E-state index >= 15 is 0 Å². The number of para-hydroxylation sites is 1. The summed E-state index contributed by atoms with van der Waals surface area (Å²) in [5.74, 6) is 0. The zero-order valence-corrected chi connectivity index (χ0v) is 32.0. The van der Waals surface area contributed by atoms with Gasteiger partial charge in [-0.25, -0.2) is 0 Å². The molecule has 0 saturated carbocycles. The number of hydrogen-bond acceptors (Lipinski definition) is 1. The van der Waals surface area contributed by atoms with E-state index in [4.69, 9.17) is 0 Å². The van der Waals surface area contributed by atoms with E-state index in [9.17, 15) is 0 Å². The molecule has 2 aliphatic rings. The second-order valence-corrected chi connectivity index (χ2v) is 20.0. The predicted octanol–water partition coefficient (Wildman–Crippen LogP) is 12.6. The normalized spacial score (nSPS) is 16.0. The number of hydrogen-bond donors (Lipinski definition) is 0. The van der Waals surface area contributed by atoms with Crippen LogP contribution in [0.25, 0.3) is 43.8 Å². The fraction of sp³-hybridized carbons (Fsp3) is 0.0566. The molecular weight excluding hydrogens is 679 g/mol. The molecule has 9 aromatic rings. The van der Waals surface area contributed by atoms with Crippen molar-refractivity contribution in [1.82, 2.24) is 0 Å². The first-order valence-electron chi connectivity index (χ1n) is 19.3. The molecule has 9 aromatic carbocycles. The number of rotatable bonds is 4. The van der Waals surface area contributed by atoms with Crippen molar-refractivity contribution in [3.05, 3.63) is 222 Å². The summed E-state index contributed by atoms with van der Waals surface area (Å²) in [7, 11) is -2.23. The zero-order chi connectivity index (χ0) is 36.7. The lowest BCUT2D eigenvalue weighted by atomic mass is 9.59. The molecule has 0 radical (unpaired) electrons. The van der Waals surface area contributed by atoms with Crippen molar-refractivity contribution in [3.8, 4) is 22.3 Å². The fourth-order valence-electron chi connectivity index (χ4n) is 10.0. The molecule has 0 saturated heterocycles. The van der Waals surface area contributed by atoms with Crippen LogP contribution in [-0.2, 0) is 5.41 Å². The lowest BCUT2D eigenvalue weighted by Gasteiger charge is -2.50. The molecule has 1 heterocycles. The minimum absolute atomic E-state index is 0.450. The van der Waals surface area contributed by atoms with Crippen LogP contribution in [0.1, 0.15) is 22.3 Å². The molecule has 55 heavy (non-hydrogen) atoms. The van der Waals surface area contributed by atoms with E-state index in [2.05, 4.69) is 218 Å². The fourth-order valence-corrected chi connectivity index (χ4v) is 13.2. The van der Waals surface area contributed by atoms with Gasteiger partial charge in [0.25, 0.3) is 0 Å². The Morgan fingerprint density at radius 3 is 1.80 bits per heavy atom. The topological polar surface area (TPSA) is 3.24 Å². The summed E-state index contributed by atoms with van der Waals surface area (Å²) in [6, 6.07) is 75.0. The van der Waals surface area contributed by atoms with Crippen LogP contribution in [0.15, 0.2) is 200 Å². The van der Waals surface area contributed by atoms with Gasteiger partial charge in [0, 0.05) is 17.1 Å². The Kier molecular flexibility index (Phi) is 6.99. The summed E-state index contributed by atoms with van der Waals surface area (Å²) < 4.78 is 0. The SMILES string of the molecule is C[Si]1(C)c2ccccc2C2(c3ccccc3-c3cccc4cccc2c34)c2ccc(N(c3ccccc3)c3ccc4cc(-c5ccccc5)ccc4c3)cc21. The van der Waals surface area contributed by atoms with Gasteiger partial charge in [-0.2, -0.15) is 0 Å². The minimum Gasteiger partial charge on any atom is -0.310 e. The van der Waals surface area contributed by atoms with E-state index in [1.807, 2.05) is 0 Å². The van der Waals surface area contributed by atoms with E-state index in [0.29, 0.717) is 0 Å². The predicted molar refractivity (Wildman–Crippen MR) is 236 cm³/mol. The van der Waals surface area contributed by atoms with Crippen molar-refractivity contribution in [2.75, 3.05) is 4.90 Å². The van der Waals surface area contributed by atoms with Gasteiger partial charge in [-0.3, -0.25) is 0 Å². The molecule has 0 aromatic heterocycles.